The van der Waals surface area contributed by atoms with E-state index in [-0.39, 0.29) is 0 Å². The van der Waals surface area contributed by atoms with Crippen molar-refractivity contribution in [2.45, 2.75) is 65.8 Å². The average Bonchev–Trinajstić information content (AvgIpc) is 2.25. The molecule has 2 heteroatoms. The topological polar surface area (TPSA) is 21.3 Å². The van der Waals surface area contributed by atoms with Crippen LogP contribution in [0, 0.1) is 11.3 Å². The van der Waals surface area contributed by atoms with Crippen molar-refractivity contribution in [2.75, 3.05) is 19.8 Å². The van der Waals surface area contributed by atoms with Gasteiger partial charge in [-0.3, -0.25) is 0 Å². The summed E-state index contributed by atoms with van der Waals surface area (Å²) >= 11 is 0. The molecule has 102 valence electrons. The van der Waals surface area contributed by atoms with E-state index in [0.717, 1.165) is 32.2 Å². The van der Waals surface area contributed by atoms with Gasteiger partial charge in [0.2, 0.25) is 0 Å². The van der Waals surface area contributed by atoms with Gasteiger partial charge in [-0.2, -0.15) is 0 Å². The number of hydrogen-bond acceptors (Lipinski definition) is 2. The van der Waals surface area contributed by atoms with Crippen molar-refractivity contribution < 1.29 is 4.74 Å². The van der Waals surface area contributed by atoms with Gasteiger partial charge in [0.15, 0.2) is 0 Å². The maximum atomic E-state index is 5.58. The Labute approximate surface area is 108 Å². The molecular formula is C15H31NO. The van der Waals surface area contributed by atoms with Gasteiger partial charge in [0.25, 0.3) is 0 Å². The molecule has 0 bridgehead atoms. The molecule has 0 heterocycles. The molecule has 0 aromatic heterocycles. The molecule has 0 aliphatic heterocycles. The van der Waals surface area contributed by atoms with Crippen LogP contribution >= 0.6 is 0 Å². The zero-order valence-corrected chi connectivity index (χ0v) is 12.2. The fourth-order valence-corrected chi connectivity index (χ4v) is 2.40. The Kier molecular flexibility index (Phi) is 6.50. The molecule has 1 N–H and O–H groups in total. The third kappa shape index (κ3) is 7.05. The molecular weight excluding hydrogens is 210 g/mol. The van der Waals surface area contributed by atoms with Crippen LogP contribution in [0.25, 0.3) is 0 Å². The van der Waals surface area contributed by atoms with Crippen LogP contribution in [0.5, 0.6) is 0 Å². The van der Waals surface area contributed by atoms with Crippen molar-refractivity contribution in [3.63, 3.8) is 0 Å². The van der Waals surface area contributed by atoms with Gasteiger partial charge in [-0.25, -0.2) is 0 Å². The minimum atomic E-state index is 0.582. The number of hydrogen-bond donors (Lipinski definition) is 1. The average molecular weight is 241 g/mol. The van der Waals surface area contributed by atoms with Crippen molar-refractivity contribution >= 4 is 0 Å². The molecule has 1 fully saturated rings. The lowest BCUT2D eigenvalue weighted by atomic mass is 9.75. The predicted octanol–water partition coefficient (Wildman–Crippen LogP) is 3.61. The van der Waals surface area contributed by atoms with E-state index in [2.05, 4.69) is 33.0 Å². The summed E-state index contributed by atoms with van der Waals surface area (Å²) in [5, 5.41) is 3.67. The van der Waals surface area contributed by atoms with Crippen LogP contribution in [0.2, 0.25) is 0 Å². The Balaban J connectivity index is 1.94. The highest BCUT2D eigenvalue weighted by Gasteiger charge is 2.26. The Morgan fingerprint density at radius 1 is 1.24 bits per heavy atom. The van der Waals surface area contributed by atoms with Crippen LogP contribution in [0.3, 0.4) is 0 Å². The molecule has 0 radical (unpaired) electrons. The minimum absolute atomic E-state index is 0.582. The molecule has 0 aromatic carbocycles. The van der Waals surface area contributed by atoms with Gasteiger partial charge in [-0.1, -0.05) is 27.7 Å². The summed E-state index contributed by atoms with van der Waals surface area (Å²) < 4.78 is 5.58. The third-order valence-electron chi connectivity index (χ3n) is 3.69. The summed E-state index contributed by atoms with van der Waals surface area (Å²) in [7, 11) is 0. The van der Waals surface area contributed by atoms with Crippen molar-refractivity contribution in [1.82, 2.24) is 5.32 Å². The van der Waals surface area contributed by atoms with E-state index in [0.29, 0.717) is 11.3 Å². The van der Waals surface area contributed by atoms with Gasteiger partial charge in [0.05, 0.1) is 0 Å². The van der Waals surface area contributed by atoms with Crippen molar-refractivity contribution in [2.24, 2.45) is 11.3 Å². The van der Waals surface area contributed by atoms with Gasteiger partial charge in [-0.05, 0) is 50.0 Å². The number of rotatable bonds is 7. The molecule has 0 amide bonds. The fraction of sp³-hybridized carbons (Fsp3) is 1.00. The van der Waals surface area contributed by atoms with E-state index >= 15 is 0 Å². The Morgan fingerprint density at radius 2 is 1.88 bits per heavy atom. The minimum Gasteiger partial charge on any atom is -0.381 e. The van der Waals surface area contributed by atoms with Gasteiger partial charge < -0.3 is 10.1 Å². The lowest BCUT2D eigenvalue weighted by Gasteiger charge is -2.34. The van der Waals surface area contributed by atoms with E-state index in [9.17, 15) is 0 Å². The van der Waals surface area contributed by atoms with E-state index in [1.54, 1.807) is 0 Å². The Bertz CT molecular complexity index is 191. The second kappa shape index (κ2) is 7.38. The Morgan fingerprint density at radius 3 is 2.47 bits per heavy atom. The first kappa shape index (κ1) is 15.0. The predicted molar refractivity (Wildman–Crippen MR) is 74.3 cm³/mol. The summed E-state index contributed by atoms with van der Waals surface area (Å²) in [6, 6.07) is 0.758. The van der Waals surface area contributed by atoms with Crippen LogP contribution in [0.4, 0.5) is 0 Å². The van der Waals surface area contributed by atoms with Crippen LogP contribution in [0.1, 0.15) is 59.8 Å². The zero-order chi connectivity index (χ0) is 12.7. The maximum absolute atomic E-state index is 5.58. The van der Waals surface area contributed by atoms with Gasteiger partial charge in [-0.15, -0.1) is 0 Å². The highest BCUT2D eigenvalue weighted by atomic mass is 16.5. The number of nitrogens with one attached hydrogen (secondary N) is 1. The molecule has 0 spiro atoms. The van der Waals surface area contributed by atoms with Crippen LogP contribution in [-0.2, 0) is 4.74 Å². The lowest BCUT2D eigenvalue weighted by Crippen LogP contribution is -2.36. The molecule has 17 heavy (non-hydrogen) atoms. The molecule has 1 saturated carbocycles. The summed E-state index contributed by atoms with van der Waals surface area (Å²) in [6.45, 7) is 12.1. The molecule has 1 aliphatic rings. The first-order chi connectivity index (χ1) is 7.99. The molecule has 1 aliphatic carbocycles. The fourth-order valence-electron chi connectivity index (χ4n) is 2.40. The Hall–Kier alpha value is -0.0800. The molecule has 0 atom stereocenters. The van der Waals surface area contributed by atoms with Gasteiger partial charge in [0.1, 0.15) is 0 Å². The molecule has 0 unspecified atom stereocenters. The van der Waals surface area contributed by atoms with Gasteiger partial charge in [0, 0.05) is 19.3 Å². The highest BCUT2D eigenvalue weighted by molar-refractivity contribution is 4.81. The monoisotopic (exact) mass is 241 g/mol. The third-order valence-corrected chi connectivity index (χ3v) is 3.69. The summed E-state index contributed by atoms with van der Waals surface area (Å²) in [5.41, 5.74) is 0.582. The maximum Gasteiger partial charge on any atom is 0.0489 e. The quantitative estimate of drug-likeness (QED) is 0.688. The van der Waals surface area contributed by atoms with E-state index in [1.807, 2.05) is 0 Å². The standard InChI is InChI=1S/C15H31NO/c1-13(2)12-17-11-5-10-16-14-6-8-15(3,4)9-7-14/h13-14,16H,5-12H2,1-4H3. The highest BCUT2D eigenvalue weighted by Crippen LogP contribution is 2.34. The van der Waals surface area contributed by atoms with Crippen molar-refractivity contribution in [1.29, 1.82) is 0 Å². The van der Waals surface area contributed by atoms with E-state index < -0.39 is 0 Å². The van der Waals surface area contributed by atoms with E-state index in [4.69, 9.17) is 4.74 Å². The summed E-state index contributed by atoms with van der Waals surface area (Å²) in [6.07, 6.45) is 6.58. The molecule has 0 saturated heterocycles. The molecule has 1 rings (SSSR count). The van der Waals surface area contributed by atoms with Crippen LogP contribution in [0.15, 0.2) is 0 Å². The smallest absolute Gasteiger partial charge is 0.0489 e. The molecule has 2 nitrogen and oxygen atoms in total. The van der Waals surface area contributed by atoms with Gasteiger partial charge >= 0.3 is 0 Å². The first-order valence-electron chi connectivity index (χ1n) is 7.31. The summed E-state index contributed by atoms with van der Waals surface area (Å²) in [4.78, 5) is 0. The van der Waals surface area contributed by atoms with Crippen molar-refractivity contribution in [3.8, 4) is 0 Å². The second-order valence-electron chi connectivity index (χ2n) is 6.71. The van der Waals surface area contributed by atoms with Crippen LogP contribution in [-0.4, -0.2) is 25.8 Å². The normalized spacial score (nSPS) is 21.0. The van der Waals surface area contributed by atoms with E-state index in [1.165, 1.54) is 25.7 Å². The second-order valence-corrected chi connectivity index (χ2v) is 6.71. The molecule has 0 aromatic rings. The zero-order valence-electron chi connectivity index (χ0n) is 12.2. The largest absolute Gasteiger partial charge is 0.381 e. The lowest BCUT2D eigenvalue weighted by molar-refractivity contribution is 0.106. The van der Waals surface area contributed by atoms with Crippen LogP contribution < -0.4 is 5.32 Å². The summed E-state index contributed by atoms with van der Waals surface area (Å²) in [5.74, 6) is 0.656. The van der Waals surface area contributed by atoms with Crippen molar-refractivity contribution in [3.05, 3.63) is 0 Å². The number of ether oxygens (including phenoxy) is 1. The SMILES string of the molecule is CC(C)COCCCNC1CCC(C)(C)CC1. The first-order valence-corrected chi connectivity index (χ1v) is 7.31.